The Morgan fingerprint density at radius 2 is 1.70 bits per heavy atom. The third kappa shape index (κ3) is 7.70. The van der Waals surface area contributed by atoms with E-state index < -0.39 is 7.82 Å². The molecule has 1 atom stereocenters. The zero-order valence-electron chi connectivity index (χ0n) is 24.8. The number of benzene rings is 3. The van der Waals surface area contributed by atoms with Gasteiger partial charge in [-0.1, -0.05) is 24.3 Å². The van der Waals surface area contributed by atoms with E-state index in [2.05, 4.69) is 4.90 Å². The van der Waals surface area contributed by atoms with Gasteiger partial charge < -0.3 is 9.26 Å². The minimum atomic E-state index is -3.75. The highest BCUT2D eigenvalue weighted by Gasteiger charge is 2.30. The molecule has 0 spiro atoms. The number of rotatable bonds is 13. The summed E-state index contributed by atoms with van der Waals surface area (Å²) >= 11 is 1.57. The maximum Gasteiger partial charge on any atom is 0.530 e. The predicted molar refractivity (Wildman–Crippen MR) is 168 cm³/mol. The highest BCUT2D eigenvalue weighted by Crippen LogP contribution is 2.51. The number of phosphoric ester groups is 1. The van der Waals surface area contributed by atoms with E-state index in [-0.39, 0.29) is 31.8 Å². The lowest BCUT2D eigenvalue weighted by atomic mass is 9.89. The fraction of sp³-hybridized carbons (Fsp3) is 0.394. The number of phosphoric acid groups is 1. The molecule has 0 saturated carbocycles. The molecule has 1 fully saturated rings. The van der Waals surface area contributed by atoms with Crippen molar-refractivity contribution in [3.63, 3.8) is 0 Å². The van der Waals surface area contributed by atoms with Gasteiger partial charge in [-0.05, 0) is 97.8 Å². The van der Waals surface area contributed by atoms with Crippen molar-refractivity contribution in [3.8, 4) is 11.5 Å². The average molecular weight is 630 g/mol. The Kier molecular flexibility index (Phi) is 10.6. The van der Waals surface area contributed by atoms with Gasteiger partial charge in [-0.25, -0.2) is 8.96 Å². The van der Waals surface area contributed by atoms with Gasteiger partial charge in [-0.3, -0.25) is 18.3 Å². The number of hydrogen-bond acceptors (Lipinski definition) is 7. The van der Waals surface area contributed by atoms with Crippen LogP contribution in [-0.2, 0) is 13.6 Å². The lowest BCUT2D eigenvalue weighted by Crippen LogP contribution is -2.26. The van der Waals surface area contributed by atoms with Crippen LogP contribution in [-0.4, -0.2) is 56.3 Å². The number of fused-ring (bicyclic) bond motifs is 1. The molecule has 0 aliphatic carbocycles. The van der Waals surface area contributed by atoms with Crippen LogP contribution in [0.2, 0.25) is 0 Å². The van der Waals surface area contributed by atoms with E-state index in [9.17, 15) is 8.96 Å². The van der Waals surface area contributed by atoms with Crippen molar-refractivity contribution >= 4 is 30.7 Å². The van der Waals surface area contributed by atoms with E-state index in [1.165, 1.54) is 0 Å². The van der Waals surface area contributed by atoms with Crippen LogP contribution in [0, 0.1) is 12.7 Å². The normalized spacial score (nSPS) is 17.3. The van der Waals surface area contributed by atoms with Gasteiger partial charge in [0.25, 0.3) is 0 Å². The van der Waals surface area contributed by atoms with Crippen LogP contribution in [0.15, 0.2) is 65.6 Å². The van der Waals surface area contributed by atoms with E-state index in [1.807, 2.05) is 55.5 Å². The van der Waals surface area contributed by atoms with Crippen molar-refractivity contribution in [2.45, 2.75) is 44.6 Å². The van der Waals surface area contributed by atoms with Crippen molar-refractivity contribution in [1.29, 1.82) is 0 Å². The Hall–Kier alpha value is -2.68. The fourth-order valence-corrected chi connectivity index (χ4v) is 7.79. The number of likely N-dealkylation sites (tertiary alicyclic amines) is 1. The number of hydrogen-bond donors (Lipinski definition) is 0. The van der Waals surface area contributed by atoms with Crippen molar-refractivity contribution in [3.05, 3.63) is 88.7 Å². The molecule has 0 N–H and O–H groups in total. The van der Waals surface area contributed by atoms with Gasteiger partial charge in [0, 0.05) is 35.8 Å². The molecule has 0 amide bonds. The first-order chi connectivity index (χ1) is 20.8. The van der Waals surface area contributed by atoms with Gasteiger partial charge in [-0.2, -0.15) is 0 Å². The fourth-order valence-electron chi connectivity index (χ4n) is 5.48. The summed E-state index contributed by atoms with van der Waals surface area (Å²) in [6.45, 7) is 7.86. The van der Waals surface area contributed by atoms with Crippen molar-refractivity contribution in [2.24, 2.45) is 0 Å². The first-order valence-electron chi connectivity index (χ1n) is 14.7. The number of nitrogens with zero attached hydrogens (tertiary/aromatic N) is 1. The summed E-state index contributed by atoms with van der Waals surface area (Å²) in [5.41, 5.74) is 5.10. The van der Waals surface area contributed by atoms with E-state index in [0.29, 0.717) is 23.5 Å². The van der Waals surface area contributed by atoms with Gasteiger partial charge in [0.1, 0.15) is 23.4 Å². The molecule has 43 heavy (non-hydrogen) atoms. The maximum absolute atomic E-state index is 15.3. The van der Waals surface area contributed by atoms with E-state index >= 15 is 4.39 Å². The van der Waals surface area contributed by atoms with Crippen molar-refractivity contribution in [2.75, 3.05) is 45.3 Å². The molecule has 5 rings (SSSR count). The zero-order valence-corrected chi connectivity index (χ0v) is 26.5. The van der Waals surface area contributed by atoms with Crippen LogP contribution >= 0.6 is 19.6 Å². The number of halogens is 2. The Morgan fingerprint density at radius 3 is 2.40 bits per heavy atom. The first-order valence-corrected chi connectivity index (χ1v) is 17.2. The third-order valence-electron chi connectivity index (χ3n) is 7.42. The van der Waals surface area contributed by atoms with Crippen LogP contribution in [0.3, 0.4) is 0 Å². The molecule has 3 aromatic rings. The molecule has 230 valence electrons. The molecule has 2 heterocycles. The van der Waals surface area contributed by atoms with E-state index in [4.69, 9.17) is 18.3 Å². The SMILES string of the molecule is CCOP(=O)(OCC)Oc1ccc2c(c1)SCC(c1ccc(C)cc1F)=C2c1ccc(O[C@H]2CCN(CCCF)C2)cc1. The highest BCUT2D eigenvalue weighted by atomic mass is 32.2. The molecule has 0 radical (unpaired) electrons. The number of alkyl halides is 1. The third-order valence-corrected chi connectivity index (χ3v) is 10.1. The second-order valence-electron chi connectivity index (χ2n) is 10.6. The monoisotopic (exact) mass is 629 g/mol. The average Bonchev–Trinajstić information content (AvgIpc) is 3.43. The predicted octanol–water partition coefficient (Wildman–Crippen LogP) is 8.57. The Morgan fingerprint density at radius 1 is 0.977 bits per heavy atom. The van der Waals surface area contributed by atoms with Crippen LogP contribution in [0.1, 0.15) is 48.9 Å². The molecule has 0 unspecified atom stereocenters. The van der Waals surface area contributed by atoms with Crippen molar-refractivity contribution < 1.29 is 31.7 Å². The molecule has 6 nitrogen and oxygen atoms in total. The summed E-state index contributed by atoms with van der Waals surface area (Å²) in [4.78, 5) is 3.16. The molecular weight excluding hydrogens is 591 g/mol. The molecular formula is C33H38F2NO5PS. The van der Waals surface area contributed by atoms with Crippen LogP contribution in [0.4, 0.5) is 8.78 Å². The van der Waals surface area contributed by atoms with Gasteiger partial charge in [0.2, 0.25) is 0 Å². The van der Waals surface area contributed by atoms with E-state index in [1.54, 1.807) is 37.7 Å². The van der Waals surface area contributed by atoms with Crippen LogP contribution in [0.25, 0.3) is 11.1 Å². The lowest BCUT2D eigenvalue weighted by molar-refractivity contribution is 0.167. The Bertz CT molecular complexity index is 1490. The number of aryl methyl sites for hydroxylation is 1. The zero-order chi connectivity index (χ0) is 30.4. The van der Waals surface area contributed by atoms with Gasteiger partial charge in [0.05, 0.1) is 19.9 Å². The second kappa shape index (κ2) is 14.4. The summed E-state index contributed by atoms with van der Waals surface area (Å²) < 4.78 is 63.5. The Labute approximate surface area is 257 Å². The molecule has 0 bridgehead atoms. The largest absolute Gasteiger partial charge is 0.530 e. The summed E-state index contributed by atoms with van der Waals surface area (Å²) in [6.07, 6.45) is 1.52. The Balaban J connectivity index is 1.47. The first kappa shape index (κ1) is 31.7. The molecule has 2 aliphatic heterocycles. The number of ether oxygens (including phenoxy) is 1. The standard InChI is InChI=1S/C33H38F2NO5PS/c1-4-38-42(37,39-5-2)41-26-12-14-29-32(20-26)43-22-30(28-13-7-23(3)19-31(28)35)33(29)24-8-10-25(11-9-24)40-27-15-18-36(21-27)17-6-16-34/h7-14,19-20,27H,4-6,15-18,21-22H2,1-3H3/t27-/m0/s1. The minimum Gasteiger partial charge on any atom is -0.489 e. The molecule has 3 aromatic carbocycles. The summed E-state index contributed by atoms with van der Waals surface area (Å²) in [6, 6.07) is 18.7. The topological polar surface area (TPSA) is 57.2 Å². The molecule has 10 heteroatoms. The molecule has 1 saturated heterocycles. The lowest BCUT2D eigenvalue weighted by Gasteiger charge is -2.26. The van der Waals surface area contributed by atoms with Crippen LogP contribution < -0.4 is 9.26 Å². The van der Waals surface area contributed by atoms with E-state index in [0.717, 1.165) is 64.5 Å². The quantitative estimate of drug-likeness (QED) is 0.176. The van der Waals surface area contributed by atoms with Gasteiger partial charge in [-0.15, -0.1) is 11.8 Å². The minimum absolute atomic E-state index is 0.0662. The summed E-state index contributed by atoms with van der Waals surface area (Å²) in [5.74, 6) is 1.42. The smallest absolute Gasteiger partial charge is 0.489 e. The summed E-state index contributed by atoms with van der Waals surface area (Å²) in [5, 5.41) is 0. The highest BCUT2D eigenvalue weighted by molar-refractivity contribution is 7.99. The van der Waals surface area contributed by atoms with Crippen molar-refractivity contribution in [1.82, 2.24) is 4.90 Å². The number of thioether (sulfide) groups is 1. The van der Waals surface area contributed by atoms with Gasteiger partial charge >= 0.3 is 7.82 Å². The maximum atomic E-state index is 15.3. The van der Waals surface area contributed by atoms with Crippen LogP contribution in [0.5, 0.6) is 11.5 Å². The van der Waals surface area contributed by atoms with Gasteiger partial charge in [0.15, 0.2) is 0 Å². The summed E-state index contributed by atoms with van der Waals surface area (Å²) in [7, 11) is -3.75. The molecule has 0 aromatic heterocycles. The second-order valence-corrected chi connectivity index (χ2v) is 13.2. The molecule has 2 aliphatic rings.